The molecule has 1 atom stereocenters. The van der Waals surface area contributed by atoms with Crippen molar-refractivity contribution in [3.05, 3.63) is 29.6 Å². The molecule has 1 aliphatic carbocycles. The van der Waals surface area contributed by atoms with Crippen molar-refractivity contribution >= 4 is 23.5 Å². The molecular weight excluding hydrogens is 325 g/mol. The first-order valence-corrected chi connectivity index (χ1v) is 6.88. The standard InChI is InChI=1S/C11H13ClN2O.C2HF3O2/c12-7-11(15)14-10-5-1-4-9-8(10)3-2-6-13-9;3-2(4,5)1(6)7/h2-3,6,10H,1,4-5,7H2,(H,14,15);(H,6,7). The molecule has 0 aliphatic heterocycles. The molecule has 1 aromatic rings. The van der Waals surface area contributed by atoms with Gasteiger partial charge in [-0.15, -0.1) is 11.6 Å². The lowest BCUT2D eigenvalue weighted by Gasteiger charge is -2.25. The van der Waals surface area contributed by atoms with Gasteiger partial charge >= 0.3 is 12.1 Å². The number of carbonyl (C=O) groups is 2. The van der Waals surface area contributed by atoms with E-state index in [1.54, 1.807) is 6.20 Å². The van der Waals surface area contributed by atoms with Crippen molar-refractivity contribution in [3.63, 3.8) is 0 Å². The topological polar surface area (TPSA) is 79.3 Å². The Labute approximate surface area is 129 Å². The summed E-state index contributed by atoms with van der Waals surface area (Å²) in [7, 11) is 0. The average Bonchev–Trinajstić information content (AvgIpc) is 2.47. The summed E-state index contributed by atoms with van der Waals surface area (Å²) in [6.07, 6.45) is -0.243. The Bertz CT molecular complexity index is 538. The van der Waals surface area contributed by atoms with Crippen molar-refractivity contribution in [2.75, 3.05) is 5.88 Å². The van der Waals surface area contributed by atoms with Crippen LogP contribution in [-0.4, -0.2) is 34.0 Å². The summed E-state index contributed by atoms with van der Waals surface area (Å²) in [5.74, 6) is -2.85. The maximum absolute atomic E-state index is 11.2. The van der Waals surface area contributed by atoms with Gasteiger partial charge in [0.1, 0.15) is 5.88 Å². The fourth-order valence-electron chi connectivity index (χ4n) is 1.99. The molecule has 0 aromatic carbocycles. The molecule has 1 aromatic heterocycles. The number of nitrogens with zero attached hydrogens (tertiary/aromatic N) is 1. The molecule has 2 rings (SSSR count). The summed E-state index contributed by atoms with van der Waals surface area (Å²) in [5.41, 5.74) is 2.24. The van der Waals surface area contributed by atoms with Gasteiger partial charge in [-0.2, -0.15) is 13.2 Å². The fraction of sp³-hybridized carbons (Fsp3) is 0.462. The number of carbonyl (C=O) groups excluding carboxylic acids is 1. The Balaban J connectivity index is 0.000000295. The number of pyridine rings is 1. The number of rotatable bonds is 2. The third kappa shape index (κ3) is 5.51. The second-order valence-electron chi connectivity index (χ2n) is 4.49. The number of carboxylic acids is 1. The summed E-state index contributed by atoms with van der Waals surface area (Å²) < 4.78 is 31.7. The molecule has 122 valence electrons. The molecule has 0 spiro atoms. The van der Waals surface area contributed by atoms with Crippen LogP contribution >= 0.6 is 11.6 Å². The van der Waals surface area contributed by atoms with E-state index in [9.17, 15) is 18.0 Å². The molecule has 1 unspecified atom stereocenters. The Hall–Kier alpha value is -1.83. The molecule has 0 saturated carbocycles. The summed E-state index contributed by atoms with van der Waals surface area (Å²) in [6.45, 7) is 0. The second-order valence-corrected chi connectivity index (χ2v) is 4.76. The first kappa shape index (κ1) is 18.2. The molecule has 2 N–H and O–H groups in total. The van der Waals surface area contributed by atoms with E-state index >= 15 is 0 Å². The zero-order valence-corrected chi connectivity index (χ0v) is 12.1. The van der Waals surface area contributed by atoms with Crippen molar-refractivity contribution < 1.29 is 27.9 Å². The Kier molecular flexibility index (Phi) is 6.61. The predicted octanol–water partition coefficient (Wildman–Crippen LogP) is 2.45. The third-order valence-electron chi connectivity index (χ3n) is 2.91. The van der Waals surface area contributed by atoms with E-state index in [0.29, 0.717) is 0 Å². The smallest absolute Gasteiger partial charge is 0.475 e. The van der Waals surface area contributed by atoms with Crippen LogP contribution in [0.5, 0.6) is 0 Å². The van der Waals surface area contributed by atoms with Crippen molar-refractivity contribution in [1.29, 1.82) is 0 Å². The maximum atomic E-state index is 11.2. The van der Waals surface area contributed by atoms with Crippen LogP contribution in [0, 0.1) is 0 Å². The van der Waals surface area contributed by atoms with Gasteiger partial charge in [0.05, 0.1) is 6.04 Å². The van der Waals surface area contributed by atoms with Crippen LogP contribution in [0.4, 0.5) is 13.2 Å². The molecule has 9 heteroatoms. The highest BCUT2D eigenvalue weighted by Crippen LogP contribution is 2.27. The SMILES string of the molecule is O=C(CCl)NC1CCCc2ncccc21.O=C(O)C(F)(F)F. The van der Waals surface area contributed by atoms with Crippen molar-refractivity contribution in [1.82, 2.24) is 10.3 Å². The molecule has 1 heterocycles. The minimum absolute atomic E-state index is 0.0199. The molecule has 5 nitrogen and oxygen atoms in total. The van der Waals surface area contributed by atoms with E-state index in [-0.39, 0.29) is 17.8 Å². The molecule has 1 amide bonds. The summed E-state index contributed by atoms with van der Waals surface area (Å²) in [6, 6.07) is 4.03. The van der Waals surface area contributed by atoms with Gasteiger partial charge in [0.2, 0.25) is 5.91 Å². The molecular formula is C13H14ClF3N2O3. The van der Waals surface area contributed by atoms with E-state index in [1.165, 1.54) is 0 Å². The number of alkyl halides is 4. The van der Waals surface area contributed by atoms with Crippen LogP contribution < -0.4 is 5.32 Å². The van der Waals surface area contributed by atoms with Gasteiger partial charge in [-0.3, -0.25) is 9.78 Å². The fourth-order valence-corrected chi connectivity index (χ4v) is 2.07. The minimum Gasteiger partial charge on any atom is -0.475 e. The largest absolute Gasteiger partial charge is 0.490 e. The van der Waals surface area contributed by atoms with Crippen LogP contribution in [-0.2, 0) is 16.0 Å². The first-order chi connectivity index (χ1) is 10.3. The zero-order chi connectivity index (χ0) is 16.8. The molecule has 0 radical (unpaired) electrons. The Morgan fingerprint density at radius 1 is 1.45 bits per heavy atom. The number of nitrogens with one attached hydrogen (secondary N) is 1. The molecule has 22 heavy (non-hydrogen) atoms. The van der Waals surface area contributed by atoms with Crippen LogP contribution in [0.1, 0.15) is 30.1 Å². The van der Waals surface area contributed by atoms with E-state index in [2.05, 4.69) is 10.3 Å². The highest BCUT2D eigenvalue weighted by molar-refractivity contribution is 6.27. The quantitative estimate of drug-likeness (QED) is 0.812. The predicted molar refractivity (Wildman–Crippen MR) is 72.5 cm³/mol. The average molecular weight is 339 g/mol. The normalized spacial score (nSPS) is 16.8. The number of amides is 1. The van der Waals surface area contributed by atoms with Crippen LogP contribution in [0.15, 0.2) is 18.3 Å². The lowest BCUT2D eigenvalue weighted by Crippen LogP contribution is -2.31. The van der Waals surface area contributed by atoms with Gasteiger partial charge in [-0.1, -0.05) is 6.07 Å². The van der Waals surface area contributed by atoms with E-state index in [0.717, 1.165) is 30.5 Å². The maximum Gasteiger partial charge on any atom is 0.490 e. The van der Waals surface area contributed by atoms with Gasteiger partial charge in [0, 0.05) is 11.9 Å². The number of aliphatic carboxylic acids is 1. The van der Waals surface area contributed by atoms with Gasteiger partial charge in [-0.25, -0.2) is 4.79 Å². The number of aryl methyl sites for hydroxylation is 1. The van der Waals surface area contributed by atoms with Gasteiger partial charge in [0.25, 0.3) is 0 Å². The number of fused-ring (bicyclic) bond motifs is 1. The highest BCUT2D eigenvalue weighted by atomic mass is 35.5. The molecule has 0 saturated heterocycles. The highest BCUT2D eigenvalue weighted by Gasteiger charge is 2.38. The number of halogens is 4. The first-order valence-electron chi connectivity index (χ1n) is 6.35. The van der Waals surface area contributed by atoms with Crippen molar-refractivity contribution in [3.8, 4) is 0 Å². The Morgan fingerprint density at radius 3 is 2.64 bits per heavy atom. The van der Waals surface area contributed by atoms with Gasteiger partial charge in [0.15, 0.2) is 0 Å². The monoisotopic (exact) mass is 338 g/mol. The zero-order valence-electron chi connectivity index (χ0n) is 11.4. The minimum atomic E-state index is -5.08. The summed E-state index contributed by atoms with van der Waals surface area (Å²) in [5, 5.41) is 10.0. The Morgan fingerprint density at radius 2 is 2.09 bits per heavy atom. The molecule has 0 bridgehead atoms. The van der Waals surface area contributed by atoms with Gasteiger partial charge in [-0.05, 0) is 30.9 Å². The van der Waals surface area contributed by atoms with Gasteiger partial charge < -0.3 is 10.4 Å². The third-order valence-corrected chi connectivity index (χ3v) is 3.15. The van der Waals surface area contributed by atoms with Crippen LogP contribution in [0.3, 0.4) is 0 Å². The molecule has 0 fully saturated rings. The number of carboxylic acid groups (broad SMARTS) is 1. The number of aromatic nitrogens is 1. The lowest BCUT2D eigenvalue weighted by atomic mass is 9.91. The van der Waals surface area contributed by atoms with Crippen LogP contribution in [0.25, 0.3) is 0 Å². The van der Waals surface area contributed by atoms with E-state index < -0.39 is 12.1 Å². The summed E-state index contributed by atoms with van der Waals surface area (Å²) in [4.78, 5) is 24.4. The molecule has 1 aliphatic rings. The van der Waals surface area contributed by atoms with E-state index in [1.807, 2.05) is 12.1 Å². The van der Waals surface area contributed by atoms with Crippen LogP contribution in [0.2, 0.25) is 0 Å². The van der Waals surface area contributed by atoms with E-state index in [4.69, 9.17) is 21.5 Å². The van der Waals surface area contributed by atoms with Crippen molar-refractivity contribution in [2.45, 2.75) is 31.5 Å². The lowest BCUT2D eigenvalue weighted by molar-refractivity contribution is -0.192. The van der Waals surface area contributed by atoms with Crippen molar-refractivity contribution in [2.24, 2.45) is 0 Å². The number of hydrogen-bond acceptors (Lipinski definition) is 3. The second kappa shape index (κ2) is 7.98. The number of hydrogen-bond donors (Lipinski definition) is 2. The summed E-state index contributed by atoms with van der Waals surface area (Å²) >= 11 is 5.47.